The van der Waals surface area contributed by atoms with Crippen molar-refractivity contribution in [3.63, 3.8) is 0 Å². The zero-order valence-electron chi connectivity index (χ0n) is 16.1. The van der Waals surface area contributed by atoms with Crippen molar-refractivity contribution in [2.45, 2.75) is 38.6 Å². The molecule has 5 heteroatoms. The number of rotatable bonds is 6. The van der Waals surface area contributed by atoms with Gasteiger partial charge in [0.25, 0.3) is 0 Å². The molecule has 27 heavy (non-hydrogen) atoms. The molecule has 0 radical (unpaired) electrons. The van der Waals surface area contributed by atoms with Gasteiger partial charge in [0.2, 0.25) is 5.91 Å². The summed E-state index contributed by atoms with van der Waals surface area (Å²) in [5.74, 6) is 1.57. The Bertz CT molecular complexity index is 821. The van der Waals surface area contributed by atoms with Crippen molar-refractivity contribution in [2.75, 3.05) is 20.8 Å². The van der Waals surface area contributed by atoms with E-state index in [2.05, 4.69) is 6.92 Å². The van der Waals surface area contributed by atoms with E-state index in [0.29, 0.717) is 29.5 Å². The molecule has 2 aromatic carbocycles. The summed E-state index contributed by atoms with van der Waals surface area (Å²) in [6.07, 6.45) is 3.26. The summed E-state index contributed by atoms with van der Waals surface area (Å²) in [5.41, 5.74) is 3.27. The van der Waals surface area contributed by atoms with Crippen molar-refractivity contribution in [2.24, 2.45) is 0 Å². The molecule has 1 aliphatic rings. The maximum atomic E-state index is 13.0. The van der Waals surface area contributed by atoms with Crippen LogP contribution in [0.4, 0.5) is 0 Å². The maximum absolute atomic E-state index is 13.0. The van der Waals surface area contributed by atoms with Crippen LogP contribution in [-0.2, 0) is 11.2 Å². The van der Waals surface area contributed by atoms with Gasteiger partial charge in [-0.3, -0.25) is 4.79 Å². The quantitative estimate of drug-likeness (QED) is 0.698. The van der Waals surface area contributed by atoms with Gasteiger partial charge >= 0.3 is 0 Å². The summed E-state index contributed by atoms with van der Waals surface area (Å²) in [6.45, 7) is 2.78. The first-order valence-corrected chi connectivity index (χ1v) is 9.76. The van der Waals surface area contributed by atoms with Gasteiger partial charge in [0.1, 0.15) is 0 Å². The number of carbonyl (C=O) groups is 1. The molecule has 0 spiro atoms. The summed E-state index contributed by atoms with van der Waals surface area (Å²) in [6, 6.07) is 11.6. The Morgan fingerprint density at radius 1 is 1.19 bits per heavy atom. The van der Waals surface area contributed by atoms with Crippen molar-refractivity contribution in [1.29, 1.82) is 0 Å². The molecule has 2 aromatic rings. The number of hydrogen-bond acceptors (Lipinski definition) is 3. The first-order chi connectivity index (χ1) is 13.1. The second-order valence-corrected chi connectivity index (χ2v) is 7.24. The maximum Gasteiger partial charge on any atom is 0.223 e. The third-order valence-electron chi connectivity index (χ3n) is 5.10. The van der Waals surface area contributed by atoms with Crippen LogP contribution >= 0.6 is 11.6 Å². The predicted octanol–water partition coefficient (Wildman–Crippen LogP) is 5.02. The molecule has 1 atom stereocenters. The van der Waals surface area contributed by atoms with Gasteiger partial charge in [-0.15, -0.1) is 0 Å². The number of methoxy groups -OCH3 is 2. The highest BCUT2D eigenvalue weighted by molar-refractivity contribution is 6.30. The van der Waals surface area contributed by atoms with E-state index in [-0.39, 0.29) is 11.9 Å². The van der Waals surface area contributed by atoms with Crippen molar-refractivity contribution >= 4 is 17.5 Å². The van der Waals surface area contributed by atoms with E-state index in [1.165, 1.54) is 5.56 Å². The van der Waals surface area contributed by atoms with Gasteiger partial charge in [0, 0.05) is 18.0 Å². The smallest absolute Gasteiger partial charge is 0.223 e. The van der Waals surface area contributed by atoms with E-state index in [4.69, 9.17) is 21.1 Å². The second kappa shape index (κ2) is 8.66. The average molecular weight is 388 g/mol. The Morgan fingerprint density at radius 3 is 2.59 bits per heavy atom. The van der Waals surface area contributed by atoms with Gasteiger partial charge in [-0.05, 0) is 53.8 Å². The Hall–Kier alpha value is -2.20. The van der Waals surface area contributed by atoms with Crippen LogP contribution in [0.2, 0.25) is 5.02 Å². The lowest BCUT2D eigenvalue weighted by atomic mass is 9.87. The van der Waals surface area contributed by atoms with E-state index >= 15 is 0 Å². The molecule has 3 rings (SSSR count). The summed E-state index contributed by atoms with van der Waals surface area (Å²) in [4.78, 5) is 14.9. The minimum absolute atomic E-state index is 0.170. The number of nitrogens with zero attached hydrogens (tertiary/aromatic N) is 1. The molecule has 4 nitrogen and oxygen atoms in total. The molecule has 0 bridgehead atoms. The third kappa shape index (κ3) is 4.06. The largest absolute Gasteiger partial charge is 0.493 e. The zero-order chi connectivity index (χ0) is 19.4. The van der Waals surface area contributed by atoms with Crippen molar-refractivity contribution < 1.29 is 14.3 Å². The molecule has 0 aliphatic carbocycles. The Kier molecular flexibility index (Phi) is 6.27. The van der Waals surface area contributed by atoms with Gasteiger partial charge in [0.05, 0.1) is 20.3 Å². The van der Waals surface area contributed by atoms with Gasteiger partial charge in [-0.2, -0.15) is 0 Å². The van der Waals surface area contributed by atoms with E-state index < -0.39 is 0 Å². The molecular weight excluding hydrogens is 362 g/mol. The molecule has 0 unspecified atom stereocenters. The van der Waals surface area contributed by atoms with Crippen LogP contribution in [0.25, 0.3) is 0 Å². The Labute approximate surface area is 166 Å². The Balaban J connectivity index is 2.10. The van der Waals surface area contributed by atoms with Crippen LogP contribution in [0.3, 0.4) is 0 Å². The lowest BCUT2D eigenvalue weighted by molar-refractivity contribution is -0.133. The molecule has 0 aromatic heterocycles. The number of carbonyl (C=O) groups excluding carboxylic acids is 1. The van der Waals surface area contributed by atoms with E-state index in [1.54, 1.807) is 14.2 Å². The number of unbranched alkanes of at least 4 members (excludes halogenated alkanes) is 1. The summed E-state index contributed by atoms with van der Waals surface area (Å²) in [5, 5.41) is 0.668. The van der Waals surface area contributed by atoms with Crippen molar-refractivity contribution in [3.8, 4) is 11.5 Å². The molecule has 144 valence electrons. The van der Waals surface area contributed by atoms with Gasteiger partial charge in [-0.25, -0.2) is 0 Å². The van der Waals surface area contributed by atoms with Crippen molar-refractivity contribution in [1.82, 2.24) is 4.90 Å². The van der Waals surface area contributed by atoms with E-state index in [1.807, 2.05) is 41.3 Å². The summed E-state index contributed by atoms with van der Waals surface area (Å²) < 4.78 is 11.0. The normalized spacial score (nSPS) is 16.0. The SMILES string of the molecule is CCCCC(=O)N1CCc2cc(OC)c(OC)cc2[C@H]1c1cccc(Cl)c1. The lowest BCUT2D eigenvalue weighted by Crippen LogP contribution is -2.40. The topological polar surface area (TPSA) is 38.8 Å². The first-order valence-electron chi connectivity index (χ1n) is 9.38. The molecule has 1 heterocycles. The zero-order valence-corrected chi connectivity index (χ0v) is 16.9. The fourth-order valence-electron chi connectivity index (χ4n) is 3.72. The van der Waals surface area contributed by atoms with Crippen LogP contribution in [-0.4, -0.2) is 31.6 Å². The monoisotopic (exact) mass is 387 g/mol. The number of ether oxygens (including phenoxy) is 2. The number of amides is 1. The molecule has 0 N–H and O–H groups in total. The van der Waals surface area contributed by atoms with Gasteiger partial charge < -0.3 is 14.4 Å². The number of hydrogen-bond donors (Lipinski definition) is 0. The van der Waals surface area contributed by atoms with Crippen LogP contribution in [0, 0.1) is 0 Å². The molecule has 1 amide bonds. The number of benzene rings is 2. The van der Waals surface area contributed by atoms with Gasteiger partial charge in [-0.1, -0.05) is 37.1 Å². The molecule has 0 saturated carbocycles. The summed E-state index contributed by atoms with van der Waals surface area (Å²) >= 11 is 6.26. The highest BCUT2D eigenvalue weighted by atomic mass is 35.5. The number of fused-ring (bicyclic) bond motifs is 1. The molecular formula is C22H26ClNO3. The third-order valence-corrected chi connectivity index (χ3v) is 5.34. The van der Waals surface area contributed by atoms with Crippen LogP contribution in [0.5, 0.6) is 11.5 Å². The van der Waals surface area contributed by atoms with Crippen molar-refractivity contribution in [3.05, 3.63) is 58.1 Å². The first kappa shape index (κ1) is 19.6. The van der Waals surface area contributed by atoms with Crippen LogP contribution in [0.1, 0.15) is 48.9 Å². The molecule has 0 saturated heterocycles. The van der Waals surface area contributed by atoms with Crippen LogP contribution < -0.4 is 9.47 Å². The Morgan fingerprint density at radius 2 is 1.93 bits per heavy atom. The summed E-state index contributed by atoms with van der Waals surface area (Å²) in [7, 11) is 3.27. The fraction of sp³-hybridized carbons (Fsp3) is 0.409. The van der Waals surface area contributed by atoms with Crippen LogP contribution in [0.15, 0.2) is 36.4 Å². The average Bonchev–Trinajstić information content (AvgIpc) is 2.69. The predicted molar refractivity (Wildman–Crippen MR) is 108 cm³/mol. The molecule has 0 fully saturated rings. The number of halogens is 1. The van der Waals surface area contributed by atoms with Gasteiger partial charge in [0.15, 0.2) is 11.5 Å². The van der Waals surface area contributed by atoms with E-state index in [9.17, 15) is 4.79 Å². The highest BCUT2D eigenvalue weighted by Crippen LogP contribution is 2.41. The highest BCUT2D eigenvalue weighted by Gasteiger charge is 2.33. The minimum atomic E-state index is -0.170. The lowest BCUT2D eigenvalue weighted by Gasteiger charge is -2.38. The minimum Gasteiger partial charge on any atom is -0.493 e. The van der Waals surface area contributed by atoms with E-state index in [0.717, 1.165) is 30.4 Å². The second-order valence-electron chi connectivity index (χ2n) is 6.80. The standard InChI is InChI=1S/C22H26ClNO3/c1-4-5-9-21(25)24-11-10-15-13-19(26-2)20(27-3)14-18(15)22(24)16-7-6-8-17(23)12-16/h6-8,12-14,22H,4-5,9-11H2,1-3H3/t22-/m1/s1. The molecule has 1 aliphatic heterocycles. The fourth-order valence-corrected chi connectivity index (χ4v) is 3.92.